The predicted molar refractivity (Wildman–Crippen MR) is 108 cm³/mol. The lowest BCUT2D eigenvalue weighted by molar-refractivity contribution is -0.609. The van der Waals surface area contributed by atoms with E-state index in [4.69, 9.17) is 0 Å². The molecule has 0 spiro atoms. The van der Waals surface area contributed by atoms with E-state index in [1.165, 1.54) is 5.56 Å². The highest BCUT2D eigenvalue weighted by molar-refractivity contribution is 5.50. The van der Waals surface area contributed by atoms with E-state index in [0.29, 0.717) is 5.56 Å². The van der Waals surface area contributed by atoms with Crippen molar-refractivity contribution in [3.05, 3.63) is 79.9 Å². The molecule has 3 rings (SSSR count). The van der Waals surface area contributed by atoms with E-state index >= 15 is 0 Å². The summed E-state index contributed by atoms with van der Waals surface area (Å²) in [4.78, 5) is 13.0. The Bertz CT molecular complexity index is 1080. The van der Waals surface area contributed by atoms with Crippen LogP contribution in [-0.2, 0) is 0 Å². The van der Waals surface area contributed by atoms with Crippen molar-refractivity contribution in [2.24, 2.45) is 0 Å². The molecule has 0 unspecified atom stereocenters. The Morgan fingerprint density at radius 1 is 0.778 bits per heavy atom. The van der Waals surface area contributed by atoms with Crippen molar-refractivity contribution < 1.29 is 9.67 Å². The molecule has 0 fully saturated rings. The summed E-state index contributed by atoms with van der Waals surface area (Å²) in [7, 11) is 0. The fraction of sp³-hybridized carbons (Fsp3) is 0.304. The lowest BCUT2D eigenvalue weighted by Gasteiger charge is -2.14. The van der Waals surface area contributed by atoms with Crippen LogP contribution in [-0.4, -0.2) is 9.67 Å². The molecule has 3 aromatic rings. The van der Waals surface area contributed by atoms with Gasteiger partial charge >= 0.3 is 5.56 Å². The van der Waals surface area contributed by atoms with Crippen molar-refractivity contribution in [3.63, 3.8) is 0 Å². The molecule has 4 heteroatoms. The van der Waals surface area contributed by atoms with Crippen molar-refractivity contribution in [2.75, 3.05) is 0 Å². The molecule has 0 saturated carbocycles. The Labute approximate surface area is 160 Å². The lowest BCUT2D eigenvalue weighted by Crippen LogP contribution is -2.40. The van der Waals surface area contributed by atoms with Gasteiger partial charge in [-0.1, -0.05) is 35.4 Å². The predicted octanol–water partition coefficient (Wildman–Crippen LogP) is 3.98. The molecule has 0 aliphatic rings. The van der Waals surface area contributed by atoms with Gasteiger partial charge in [-0.2, -0.15) is 9.13 Å². The van der Waals surface area contributed by atoms with E-state index in [2.05, 4.69) is 31.2 Å². The van der Waals surface area contributed by atoms with E-state index in [0.717, 1.165) is 39.2 Å². The molecule has 1 N–H and O–H groups in total. The second kappa shape index (κ2) is 6.69. The maximum Gasteiger partial charge on any atom is 0.349 e. The molecule has 0 amide bonds. The van der Waals surface area contributed by atoms with Gasteiger partial charge in [0, 0.05) is 0 Å². The second-order valence-electron chi connectivity index (χ2n) is 7.60. The number of hydrogen-bond donors (Lipinski definition) is 1. The Balaban J connectivity index is 2.41. The molecule has 0 aliphatic heterocycles. The molecular weight excluding hydrogens is 336 g/mol. The summed E-state index contributed by atoms with van der Waals surface area (Å²) in [5.41, 5.74) is 8.39. The van der Waals surface area contributed by atoms with Crippen molar-refractivity contribution in [3.8, 4) is 17.3 Å². The van der Waals surface area contributed by atoms with E-state index in [1.54, 1.807) is 22.4 Å². The fourth-order valence-corrected chi connectivity index (χ4v) is 4.11. The zero-order chi connectivity index (χ0) is 20.0. The number of rotatable bonds is 2. The molecule has 0 bridgehead atoms. The van der Waals surface area contributed by atoms with Crippen LogP contribution in [0.25, 0.3) is 11.4 Å². The summed E-state index contributed by atoms with van der Waals surface area (Å²) in [6.07, 6.45) is 1.71. The Hall–Kier alpha value is -2.88. The maximum absolute atomic E-state index is 13.0. The van der Waals surface area contributed by atoms with E-state index in [-0.39, 0.29) is 11.4 Å². The molecule has 27 heavy (non-hydrogen) atoms. The fourth-order valence-electron chi connectivity index (χ4n) is 4.11. The van der Waals surface area contributed by atoms with E-state index in [1.807, 2.05) is 34.6 Å². The quantitative estimate of drug-likeness (QED) is 0.700. The number of hydrogen-bond acceptors (Lipinski definition) is 2. The molecule has 4 nitrogen and oxygen atoms in total. The van der Waals surface area contributed by atoms with Gasteiger partial charge in [-0.25, -0.2) is 4.79 Å². The zero-order valence-electron chi connectivity index (χ0n) is 17.1. The van der Waals surface area contributed by atoms with Crippen molar-refractivity contribution in [1.29, 1.82) is 0 Å². The van der Waals surface area contributed by atoms with Crippen molar-refractivity contribution in [2.45, 2.75) is 48.5 Å². The molecule has 0 radical (unpaired) electrons. The highest BCUT2D eigenvalue weighted by Gasteiger charge is 2.25. The Kier molecular flexibility index (Phi) is 4.68. The Morgan fingerprint density at radius 2 is 1.22 bits per heavy atom. The molecule has 2 aromatic carbocycles. The third-order valence-electron chi connectivity index (χ3n) is 5.09. The third-order valence-corrected chi connectivity index (χ3v) is 5.09. The number of aryl methyl sites for hydroxylation is 6. The standard InChI is InChI=1S/C23H26N2O2/c1-13-8-15(3)20(16(4)9-13)24-12-25(23(27)19(7)22(24)26)21-17(5)10-14(2)11-18(21)6/h8-12H,1-7H3/p+1. The summed E-state index contributed by atoms with van der Waals surface area (Å²) in [5, 5.41) is 10.8. The Morgan fingerprint density at radius 3 is 1.70 bits per heavy atom. The van der Waals surface area contributed by atoms with Gasteiger partial charge in [0.2, 0.25) is 0 Å². The van der Waals surface area contributed by atoms with Crippen LogP contribution in [0.15, 0.2) is 35.4 Å². The SMILES string of the molecule is Cc1cc(C)c(-n2c[n+](-c3c(C)cc(C)cc3C)c(O)c(C)c2=O)c(C)c1. The highest BCUT2D eigenvalue weighted by atomic mass is 16.3. The monoisotopic (exact) mass is 363 g/mol. The first kappa shape index (κ1) is 18.9. The minimum Gasteiger partial charge on any atom is -0.477 e. The minimum absolute atomic E-state index is 0.0197. The summed E-state index contributed by atoms with van der Waals surface area (Å²) in [6.45, 7) is 13.8. The van der Waals surface area contributed by atoms with Crippen LogP contribution in [0.4, 0.5) is 0 Å². The molecular formula is C23H27N2O2+. The van der Waals surface area contributed by atoms with Crippen molar-refractivity contribution in [1.82, 2.24) is 4.57 Å². The van der Waals surface area contributed by atoms with Gasteiger partial charge in [0.1, 0.15) is 16.9 Å². The molecule has 1 aromatic heterocycles. The molecule has 0 aliphatic carbocycles. The highest BCUT2D eigenvalue weighted by Crippen LogP contribution is 2.22. The summed E-state index contributed by atoms with van der Waals surface area (Å²) >= 11 is 0. The van der Waals surface area contributed by atoms with Gasteiger partial charge in [0.15, 0.2) is 0 Å². The normalized spacial score (nSPS) is 11.1. The molecule has 0 saturated heterocycles. The van der Waals surface area contributed by atoms with Gasteiger partial charge in [-0.3, -0.25) is 0 Å². The van der Waals surface area contributed by atoms with Crippen LogP contribution in [0.2, 0.25) is 0 Å². The maximum atomic E-state index is 13.0. The lowest BCUT2D eigenvalue weighted by atomic mass is 10.0. The smallest absolute Gasteiger partial charge is 0.349 e. The van der Waals surface area contributed by atoms with Gasteiger partial charge in [0.05, 0.1) is 0 Å². The summed E-state index contributed by atoms with van der Waals surface area (Å²) < 4.78 is 3.37. The van der Waals surface area contributed by atoms with Crippen molar-refractivity contribution >= 4 is 0 Å². The second-order valence-corrected chi connectivity index (χ2v) is 7.60. The average Bonchev–Trinajstić information content (AvgIpc) is 2.54. The van der Waals surface area contributed by atoms with Gasteiger partial charge in [-0.15, -0.1) is 0 Å². The first-order chi connectivity index (χ1) is 12.6. The zero-order valence-corrected chi connectivity index (χ0v) is 17.1. The van der Waals surface area contributed by atoms with Crippen LogP contribution in [0.1, 0.15) is 38.9 Å². The van der Waals surface area contributed by atoms with Gasteiger partial charge in [-0.05, 0) is 70.7 Å². The van der Waals surface area contributed by atoms with Crippen LogP contribution in [0, 0.1) is 48.5 Å². The molecule has 1 heterocycles. The van der Waals surface area contributed by atoms with Crippen LogP contribution < -0.4 is 10.1 Å². The first-order valence-electron chi connectivity index (χ1n) is 9.15. The minimum atomic E-state index is -0.207. The third kappa shape index (κ3) is 3.16. The van der Waals surface area contributed by atoms with Crippen LogP contribution >= 0.6 is 0 Å². The van der Waals surface area contributed by atoms with E-state index in [9.17, 15) is 9.90 Å². The number of nitrogens with zero attached hydrogens (tertiary/aromatic N) is 2. The largest absolute Gasteiger partial charge is 0.477 e. The van der Waals surface area contributed by atoms with Gasteiger partial charge in [0.25, 0.3) is 12.2 Å². The first-order valence-corrected chi connectivity index (χ1v) is 9.15. The topological polar surface area (TPSA) is 46.1 Å². The van der Waals surface area contributed by atoms with Gasteiger partial charge < -0.3 is 5.11 Å². The molecule has 0 atom stereocenters. The van der Waals surface area contributed by atoms with E-state index < -0.39 is 0 Å². The number of aromatic hydroxyl groups is 1. The molecule has 140 valence electrons. The number of aromatic nitrogens is 2. The summed E-state index contributed by atoms with van der Waals surface area (Å²) in [6, 6.07) is 8.32. The summed E-state index contributed by atoms with van der Waals surface area (Å²) in [5.74, 6) is -0.0197. The average molecular weight is 363 g/mol. The number of benzene rings is 2. The van der Waals surface area contributed by atoms with Crippen LogP contribution in [0.5, 0.6) is 5.88 Å². The van der Waals surface area contributed by atoms with Crippen LogP contribution in [0.3, 0.4) is 0 Å².